The summed E-state index contributed by atoms with van der Waals surface area (Å²) in [6.07, 6.45) is 0.526. The van der Waals surface area contributed by atoms with Gasteiger partial charge in [-0.1, -0.05) is 6.92 Å². The Kier molecular flexibility index (Phi) is 5.23. The molecule has 90 valence electrons. The third-order valence-corrected chi connectivity index (χ3v) is 2.78. The van der Waals surface area contributed by atoms with Crippen molar-refractivity contribution >= 4 is 5.91 Å². The van der Waals surface area contributed by atoms with Crippen molar-refractivity contribution < 1.29 is 9.53 Å². The zero-order valence-corrected chi connectivity index (χ0v) is 9.90. The lowest BCUT2D eigenvalue weighted by Gasteiger charge is -2.30. The van der Waals surface area contributed by atoms with E-state index in [2.05, 4.69) is 12.2 Å². The molecule has 0 aromatic rings. The van der Waals surface area contributed by atoms with Crippen LogP contribution in [0.15, 0.2) is 0 Å². The van der Waals surface area contributed by atoms with Crippen LogP contribution >= 0.6 is 0 Å². The number of hydrogen-bond acceptors (Lipinski definition) is 4. The van der Waals surface area contributed by atoms with Crippen LogP contribution in [0.5, 0.6) is 0 Å². The van der Waals surface area contributed by atoms with Gasteiger partial charge >= 0.3 is 0 Å². The van der Waals surface area contributed by atoms with E-state index in [0.717, 1.165) is 6.42 Å². The minimum absolute atomic E-state index is 0.0452. The van der Waals surface area contributed by atoms with Crippen LogP contribution < -0.4 is 5.32 Å². The number of nitrogens with zero attached hydrogens (tertiary/aromatic N) is 2. The summed E-state index contributed by atoms with van der Waals surface area (Å²) in [5.74, 6) is 0.0452. The fraction of sp³-hybridized carbons (Fsp3) is 0.818. The molecule has 0 aromatic carbocycles. The van der Waals surface area contributed by atoms with Crippen molar-refractivity contribution in [2.75, 3.05) is 26.2 Å². The van der Waals surface area contributed by atoms with Crippen molar-refractivity contribution in [1.29, 1.82) is 5.26 Å². The van der Waals surface area contributed by atoms with Crippen LogP contribution in [0, 0.1) is 11.3 Å². The molecule has 16 heavy (non-hydrogen) atoms. The highest BCUT2D eigenvalue weighted by Crippen LogP contribution is 2.04. The van der Waals surface area contributed by atoms with E-state index in [0.29, 0.717) is 32.3 Å². The van der Waals surface area contributed by atoms with E-state index < -0.39 is 6.10 Å². The molecule has 0 aliphatic carbocycles. The standard InChI is InChI=1S/C11H19N3O2/c1-3-9(2)13-7-11(15)14-4-5-16-10(6-12)8-14/h9-10,13H,3-5,7-8H2,1-2H3. The summed E-state index contributed by atoms with van der Waals surface area (Å²) in [6.45, 7) is 5.88. The van der Waals surface area contributed by atoms with Crippen LogP contribution in [0.2, 0.25) is 0 Å². The molecule has 1 fully saturated rings. The Balaban J connectivity index is 2.33. The Morgan fingerprint density at radius 1 is 1.75 bits per heavy atom. The number of carbonyl (C=O) groups is 1. The van der Waals surface area contributed by atoms with Gasteiger partial charge in [0.2, 0.25) is 5.91 Å². The Morgan fingerprint density at radius 2 is 2.50 bits per heavy atom. The van der Waals surface area contributed by atoms with Crippen molar-refractivity contribution in [1.82, 2.24) is 10.2 Å². The zero-order valence-electron chi connectivity index (χ0n) is 9.90. The third-order valence-electron chi connectivity index (χ3n) is 2.78. The summed E-state index contributed by atoms with van der Waals surface area (Å²) in [5, 5.41) is 11.9. The monoisotopic (exact) mass is 225 g/mol. The number of morpholine rings is 1. The number of nitriles is 1. The van der Waals surface area contributed by atoms with Gasteiger partial charge in [-0.2, -0.15) is 5.26 Å². The van der Waals surface area contributed by atoms with Gasteiger partial charge < -0.3 is 15.0 Å². The predicted octanol–water partition coefficient (Wildman–Crippen LogP) is 0.125. The second-order valence-corrected chi connectivity index (χ2v) is 4.02. The molecule has 1 saturated heterocycles. The largest absolute Gasteiger partial charge is 0.360 e. The number of hydrogen-bond donors (Lipinski definition) is 1. The number of amides is 1. The maximum atomic E-state index is 11.8. The Hall–Kier alpha value is -1.12. The van der Waals surface area contributed by atoms with Gasteiger partial charge in [-0.05, 0) is 13.3 Å². The van der Waals surface area contributed by atoms with Gasteiger partial charge in [0.15, 0.2) is 6.10 Å². The topological polar surface area (TPSA) is 65.4 Å². The quantitative estimate of drug-likeness (QED) is 0.738. The van der Waals surface area contributed by atoms with E-state index in [1.54, 1.807) is 4.90 Å². The van der Waals surface area contributed by atoms with Crippen molar-refractivity contribution in [3.63, 3.8) is 0 Å². The van der Waals surface area contributed by atoms with E-state index in [1.165, 1.54) is 0 Å². The number of carbonyl (C=O) groups excluding carboxylic acids is 1. The summed E-state index contributed by atoms with van der Waals surface area (Å²) >= 11 is 0. The van der Waals surface area contributed by atoms with Gasteiger partial charge in [-0.25, -0.2) is 0 Å². The molecule has 5 nitrogen and oxygen atoms in total. The highest BCUT2D eigenvalue weighted by molar-refractivity contribution is 5.78. The van der Waals surface area contributed by atoms with E-state index in [-0.39, 0.29) is 5.91 Å². The fourth-order valence-corrected chi connectivity index (χ4v) is 1.47. The molecule has 1 amide bonds. The first-order valence-corrected chi connectivity index (χ1v) is 5.69. The van der Waals surface area contributed by atoms with Crippen molar-refractivity contribution in [3.8, 4) is 6.07 Å². The number of ether oxygens (including phenoxy) is 1. The van der Waals surface area contributed by atoms with E-state index in [4.69, 9.17) is 10.00 Å². The number of rotatable bonds is 4. The predicted molar refractivity (Wildman–Crippen MR) is 59.7 cm³/mol. The normalized spacial score (nSPS) is 22.6. The molecule has 2 unspecified atom stereocenters. The second kappa shape index (κ2) is 6.46. The van der Waals surface area contributed by atoms with Gasteiger partial charge in [0.1, 0.15) is 0 Å². The molecule has 0 spiro atoms. The average Bonchev–Trinajstić information content (AvgIpc) is 2.35. The van der Waals surface area contributed by atoms with E-state index >= 15 is 0 Å². The van der Waals surface area contributed by atoms with Gasteiger partial charge in [-0.3, -0.25) is 4.79 Å². The molecule has 1 aliphatic heterocycles. The molecule has 1 N–H and O–H groups in total. The first-order valence-electron chi connectivity index (χ1n) is 5.69. The van der Waals surface area contributed by atoms with Crippen molar-refractivity contribution in [2.45, 2.75) is 32.4 Å². The molecular weight excluding hydrogens is 206 g/mol. The summed E-state index contributed by atoms with van der Waals surface area (Å²) < 4.78 is 5.18. The molecule has 1 rings (SSSR count). The molecule has 1 aliphatic rings. The van der Waals surface area contributed by atoms with Gasteiger partial charge in [-0.15, -0.1) is 0 Å². The van der Waals surface area contributed by atoms with Gasteiger partial charge in [0.05, 0.1) is 25.8 Å². The average molecular weight is 225 g/mol. The fourth-order valence-electron chi connectivity index (χ4n) is 1.47. The summed E-state index contributed by atoms with van der Waals surface area (Å²) in [5.41, 5.74) is 0. The summed E-state index contributed by atoms with van der Waals surface area (Å²) in [6, 6.07) is 2.37. The van der Waals surface area contributed by atoms with Crippen LogP contribution in [0.3, 0.4) is 0 Å². The van der Waals surface area contributed by atoms with Crippen LogP contribution in [0.25, 0.3) is 0 Å². The zero-order chi connectivity index (χ0) is 12.0. The molecular formula is C11H19N3O2. The van der Waals surface area contributed by atoms with Crippen LogP contribution in [0.4, 0.5) is 0 Å². The molecule has 2 atom stereocenters. The SMILES string of the molecule is CCC(C)NCC(=O)N1CCOC(C#N)C1. The van der Waals surface area contributed by atoms with Crippen LogP contribution in [-0.2, 0) is 9.53 Å². The highest BCUT2D eigenvalue weighted by atomic mass is 16.5. The molecule has 0 bridgehead atoms. The maximum absolute atomic E-state index is 11.8. The second-order valence-electron chi connectivity index (χ2n) is 4.02. The lowest BCUT2D eigenvalue weighted by atomic mass is 10.2. The molecule has 0 saturated carbocycles. The lowest BCUT2D eigenvalue weighted by Crippen LogP contribution is -2.48. The Morgan fingerprint density at radius 3 is 3.12 bits per heavy atom. The Labute approximate surface area is 96.4 Å². The lowest BCUT2D eigenvalue weighted by molar-refractivity contribution is -0.136. The maximum Gasteiger partial charge on any atom is 0.236 e. The van der Waals surface area contributed by atoms with Crippen molar-refractivity contribution in [3.05, 3.63) is 0 Å². The molecule has 5 heteroatoms. The van der Waals surface area contributed by atoms with Crippen LogP contribution in [-0.4, -0.2) is 49.2 Å². The first-order chi connectivity index (χ1) is 7.67. The van der Waals surface area contributed by atoms with Gasteiger partial charge in [0, 0.05) is 12.6 Å². The Bertz CT molecular complexity index is 275. The highest BCUT2D eigenvalue weighted by Gasteiger charge is 2.23. The molecule has 0 radical (unpaired) electrons. The van der Waals surface area contributed by atoms with Crippen LogP contribution in [0.1, 0.15) is 20.3 Å². The summed E-state index contributed by atoms with van der Waals surface area (Å²) in [4.78, 5) is 13.5. The summed E-state index contributed by atoms with van der Waals surface area (Å²) in [7, 11) is 0. The van der Waals surface area contributed by atoms with E-state index in [1.807, 2.05) is 13.0 Å². The molecule has 1 heterocycles. The van der Waals surface area contributed by atoms with Crippen molar-refractivity contribution in [2.24, 2.45) is 0 Å². The smallest absolute Gasteiger partial charge is 0.236 e. The van der Waals surface area contributed by atoms with Gasteiger partial charge in [0.25, 0.3) is 0 Å². The molecule has 0 aromatic heterocycles. The number of nitrogens with one attached hydrogen (secondary N) is 1. The minimum atomic E-state index is -0.471. The first kappa shape index (κ1) is 12.9. The van der Waals surface area contributed by atoms with E-state index in [9.17, 15) is 4.79 Å². The minimum Gasteiger partial charge on any atom is -0.360 e. The third kappa shape index (κ3) is 3.80.